The molecule has 1 fully saturated rings. The van der Waals surface area contributed by atoms with Crippen LogP contribution in [-0.2, 0) is 17.3 Å². The lowest BCUT2D eigenvalue weighted by atomic mass is 9.91. The molecule has 0 saturated carbocycles. The molecule has 0 amide bonds. The van der Waals surface area contributed by atoms with Crippen LogP contribution in [0.25, 0.3) is 0 Å². The number of hydrogen-bond acceptors (Lipinski definition) is 2. The van der Waals surface area contributed by atoms with Gasteiger partial charge in [0, 0.05) is 13.7 Å². The van der Waals surface area contributed by atoms with Gasteiger partial charge in [0.25, 0.3) is 0 Å². The summed E-state index contributed by atoms with van der Waals surface area (Å²) in [7, 11) is 1.80. The number of nitrogens with one attached hydrogen (secondary N) is 1. The van der Waals surface area contributed by atoms with Gasteiger partial charge in [0.2, 0.25) is 0 Å². The Morgan fingerprint density at radius 3 is 2.23 bits per heavy atom. The summed E-state index contributed by atoms with van der Waals surface area (Å²) < 4.78 is 41.2. The van der Waals surface area contributed by atoms with E-state index in [0.29, 0.717) is 12.0 Å². The van der Waals surface area contributed by atoms with Crippen molar-refractivity contribution < 1.29 is 17.9 Å². The second-order valence-corrected chi connectivity index (χ2v) is 6.67. The minimum Gasteiger partial charge on any atom is -0.380 e. The maximum atomic E-state index is 11.9. The molecule has 1 aliphatic heterocycles. The van der Waals surface area contributed by atoms with Gasteiger partial charge in [0.15, 0.2) is 0 Å². The molecule has 26 heavy (non-hydrogen) atoms. The maximum Gasteiger partial charge on any atom is 0.416 e. The summed E-state index contributed by atoms with van der Waals surface area (Å²) >= 11 is 0. The highest BCUT2D eigenvalue weighted by Gasteiger charge is 2.29. The van der Waals surface area contributed by atoms with Gasteiger partial charge in [0.05, 0.1) is 11.7 Å². The SMILES string of the molecule is CO[C@H]1CNCC(Cc2ccccc2)C1.Cc1ccc(C(F)(F)F)cc1. The Morgan fingerprint density at radius 1 is 1.00 bits per heavy atom. The zero-order valence-electron chi connectivity index (χ0n) is 15.2. The van der Waals surface area contributed by atoms with Crippen molar-refractivity contribution in [2.24, 2.45) is 5.92 Å². The van der Waals surface area contributed by atoms with E-state index < -0.39 is 11.7 Å². The van der Waals surface area contributed by atoms with E-state index in [1.807, 2.05) is 0 Å². The molecule has 0 aliphatic carbocycles. The molecular weight excluding hydrogens is 339 g/mol. The summed E-state index contributed by atoms with van der Waals surface area (Å²) in [6, 6.07) is 15.8. The summed E-state index contributed by atoms with van der Waals surface area (Å²) in [5.74, 6) is 0.714. The predicted octanol–water partition coefficient (Wildman–Crippen LogP) is 4.87. The Hall–Kier alpha value is -1.85. The second-order valence-electron chi connectivity index (χ2n) is 6.67. The first-order valence-corrected chi connectivity index (χ1v) is 8.79. The Kier molecular flexibility index (Phi) is 7.66. The van der Waals surface area contributed by atoms with E-state index in [2.05, 4.69) is 35.6 Å². The number of methoxy groups -OCH3 is 1. The summed E-state index contributed by atoms with van der Waals surface area (Å²) in [6.45, 7) is 3.87. The van der Waals surface area contributed by atoms with Crippen molar-refractivity contribution in [3.8, 4) is 0 Å². The van der Waals surface area contributed by atoms with Gasteiger partial charge < -0.3 is 10.1 Å². The fraction of sp³-hybridized carbons (Fsp3) is 0.429. The number of piperidine rings is 1. The summed E-state index contributed by atoms with van der Waals surface area (Å²) in [6.07, 6.45) is -1.48. The first-order chi connectivity index (χ1) is 12.4. The van der Waals surface area contributed by atoms with Gasteiger partial charge in [-0.2, -0.15) is 13.2 Å². The third-order valence-corrected chi connectivity index (χ3v) is 4.48. The molecule has 0 aromatic heterocycles. The highest BCUT2D eigenvalue weighted by atomic mass is 19.4. The van der Waals surface area contributed by atoms with Crippen molar-refractivity contribution in [2.75, 3.05) is 20.2 Å². The summed E-state index contributed by atoms with van der Waals surface area (Å²) in [5.41, 5.74) is 1.67. The van der Waals surface area contributed by atoms with Gasteiger partial charge in [-0.15, -0.1) is 0 Å². The van der Waals surface area contributed by atoms with E-state index in [-0.39, 0.29) is 0 Å². The van der Waals surface area contributed by atoms with Gasteiger partial charge >= 0.3 is 6.18 Å². The minimum absolute atomic E-state index is 0.396. The molecule has 1 N–H and O–H groups in total. The maximum absolute atomic E-state index is 11.9. The van der Waals surface area contributed by atoms with Crippen LogP contribution in [0, 0.1) is 12.8 Å². The molecule has 1 unspecified atom stereocenters. The summed E-state index contributed by atoms with van der Waals surface area (Å²) in [5, 5.41) is 3.43. The van der Waals surface area contributed by atoms with Crippen LogP contribution in [0.4, 0.5) is 13.2 Å². The van der Waals surface area contributed by atoms with Crippen LogP contribution in [0.2, 0.25) is 0 Å². The average Bonchev–Trinajstić information content (AvgIpc) is 2.63. The smallest absolute Gasteiger partial charge is 0.380 e. The predicted molar refractivity (Wildman–Crippen MR) is 98.1 cm³/mol. The van der Waals surface area contributed by atoms with Gasteiger partial charge in [-0.3, -0.25) is 0 Å². The number of ether oxygens (including phenoxy) is 1. The van der Waals surface area contributed by atoms with Crippen LogP contribution >= 0.6 is 0 Å². The lowest BCUT2D eigenvalue weighted by Crippen LogP contribution is -2.41. The molecule has 0 radical (unpaired) electrons. The third kappa shape index (κ3) is 6.81. The first-order valence-electron chi connectivity index (χ1n) is 8.79. The Bertz CT molecular complexity index is 641. The molecule has 2 aromatic rings. The van der Waals surface area contributed by atoms with Gasteiger partial charge in [0.1, 0.15) is 0 Å². The van der Waals surface area contributed by atoms with E-state index in [4.69, 9.17) is 4.74 Å². The van der Waals surface area contributed by atoms with Crippen LogP contribution in [0.5, 0.6) is 0 Å². The molecule has 142 valence electrons. The summed E-state index contributed by atoms with van der Waals surface area (Å²) in [4.78, 5) is 0. The molecule has 3 rings (SSSR count). The monoisotopic (exact) mass is 365 g/mol. The van der Waals surface area contributed by atoms with Gasteiger partial charge in [-0.05, 0) is 49.9 Å². The topological polar surface area (TPSA) is 21.3 Å². The zero-order valence-corrected chi connectivity index (χ0v) is 15.2. The Labute approximate surface area is 153 Å². The fourth-order valence-corrected chi connectivity index (χ4v) is 3.01. The van der Waals surface area contributed by atoms with Crippen LogP contribution in [0.1, 0.15) is 23.1 Å². The van der Waals surface area contributed by atoms with Crippen LogP contribution in [-0.4, -0.2) is 26.3 Å². The van der Waals surface area contributed by atoms with Gasteiger partial charge in [-0.25, -0.2) is 0 Å². The van der Waals surface area contributed by atoms with Crippen molar-refractivity contribution in [1.29, 1.82) is 0 Å². The van der Waals surface area contributed by atoms with Crippen molar-refractivity contribution in [3.63, 3.8) is 0 Å². The number of benzene rings is 2. The third-order valence-electron chi connectivity index (χ3n) is 4.48. The molecule has 2 nitrogen and oxygen atoms in total. The van der Waals surface area contributed by atoms with Crippen LogP contribution < -0.4 is 5.32 Å². The van der Waals surface area contributed by atoms with Crippen molar-refractivity contribution >= 4 is 0 Å². The molecule has 1 heterocycles. The molecule has 0 bridgehead atoms. The lowest BCUT2D eigenvalue weighted by molar-refractivity contribution is -0.137. The molecule has 5 heteroatoms. The number of rotatable bonds is 3. The fourth-order valence-electron chi connectivity index (χ4n) is 3.01. The zero-order chi connectivity index (χ0) is 19.0. The molecule has 1 aliphatic rings. The molecule has 2 atom stereocenters. The van der Waals surface area contributed by atoms with Gasteiger partial charge in [-0.1, -0.05) is 48.0 Å². The molecule has 2 aromatic carbocycles. The lowest BCUT2D eigenvalue weighted by Gasteiger charge is -2.29. The van der Waals surface area contributed by atoms with Crippen molar-refractivity contribution in [3.05, 3.63) is 71.3 Å². The molecule has 1 saturated heterocycles. The number of aryl methyl sites for hydroxylation is 1. The first kappa shape index (κ1) is 20.5. The van der Waals surface area contributed by atoms with E-state index >= 15 is 0 Å². The number of halogens is 3. The number of hydrogen-bond donors (Lipinski definition) is 1. The quantitative estimate of drug-likeness (QED) is 0.838. The standard InChI is InChI=1S/C13H19NO.C8H7F3/c1-15-13-8-12(9-14-10-13)7-11-5-3-2-4-6-11;1-6-2-4-7(5-3-6)8(9,10)11/h2-6,12-14H,7-10H2,1H3;2-5H,1H3/t12?,13-;/m1./s1. The van der Waals surface area contributed by atoms with Crippen molar-refractivity contribution in [2.45, 2.75) is 32.0 Å². The Morgan fingerprint density at radius 2 is 1.65 bits per heavy atom. The van der Waals surface area contributed by atoms with E-state index in [1.54, 1.807) is 14.0 Å². The molecule has 0 spiro atoms. The Balaban J connectivity index is 0.000000197. The van der Waals surface area contributed by atoms with Crippen LogP contribution in [0.15, 0.2) is 54.6 Å². The largest absolute Gasteiger partial charge is 0.416 e. The van der Waals surface area contributed by atoms with Crippen molar-refractivity contribution in [1.82, 2.24) is 5.32 Å². The minimum atomic E-state index is -4.21. The van der Waals surface area contributed by atoms with E-state index in [1.165, 1.54) is 24.1 Å². The van der Waals surface area contributed by atoms with E-state index in [0.717, 1.165) is 37.2 Å². The highest BCUT2D eigenvalue weighted by Crippen LogP contribution is 2.28. The molecular formula is C21H26F3NO. The van der Waals surface area contributed by atoms with Crippen LogP contribution in [0.3, 0.4) is 0 Å². The number of alkyl halides is 3. The normalized spacial score (nSPS) is 20.2. The second kappa shape index (κ2) is 9.74. The van der Waals surface area contributed by atoms with E-state index in [9.17, 15) is 13.2 Å². The average molecular weight is 365 g/mol. The highest BCUT2D eigenvalue weighted by molar-refractivity contribution is 5.23.